The molecule has 0 atom stereocenters. The number of hydrogen-bond acceptors (Lipinski definition) is 6. The Morgan fingerprint density at radius 3 is 2.85 bits per heavy atom. The summed E-state index contributed by atoms with van der Waals surface area (Å²) < 4.78 is 28.0. The third kappa shape index (κ3) is 4.46. The van der Waals surface area contributed by atoms with Gasteiger partial charge in [0.1, 0.15) is 4.90 Å². The van der Waals surface area contributed by atoms with Crippen LogP contribution in [0.15, 0.2) is 51.1 Å². The SMILES string of the molecule is CN(CC(=O)NCCSCc1cccs1)C1=NS(=O)(=O)c2ccccc21. The predicted octanol–water partition coefficient (Wildman–Crippen LogP) is 2.18. The number of sulfonamides is 1. The van der Waals surface area contributed by atoms with E-state index in [-0.39, 0.29) is 17.3 Å². The summed E-state index contributed by atoms with van der Waals surface area (Å²) in [6.45, 7) is 0.627. The molecule has 0 saturated heterocycles. The molecule has 1 N–H and O–H groups in total. The van der Waals surface area contributed by atoms with Crippen molar-refractivity contribution in [2.75, 3.05) is 25.9 Å². The van der Waals surface area contributed by atoms with Gasteiger partial charge in [0.25, 0.3) is 10.0 Å². The average Bonchev–Trinajstić information content (AvgIpc) is 3.21. The normalized spacial score (nSPS) is 14.6. The number of hydrogen-bond donors (Lipinski definition) is 1. The fraction of sp³-hybridized carbons (Fsp3) is 0.294. The van der Waals surface area contributed by atoms with E-state index >= 15 is 0 Å². The van der Waals surface area contributed by atoms with E-state index in [9.17, 15) is 13.2 Å². The first-order chi connectivity index (χ1) is 12.5. The second kappa shape index (κ2) is 8.24. The number of carbonyl (C=O) groups excluding carboxylic acids is 1. The molecule has 0 aliphatic carbocycles. The van der Waals surface area contributed by atoms with Gasteiger partial charge in [0.15, 0.2) is 5.84 Å². The molecule has 3 rings (SSSR count). The Morgan fingerprint density at radius 1 is 1.27 bits per heavy atom. The lowest BCUT2D eigenvalue weighted by atomic mass is 10.2. The first-order valence-corrected chi connectivity index (χ1v) is 11.5. The molecule has 1 aromatic heterocycles. The van der Waals surface area contributed by atoms with E-state index in [1.807, 2.05) is 6.07 Å². The first kappa shape index (κ1) is 18.9. The molecule has 0 radical (unpaired) electrons. The van der Waals surface area contributed by atoms with E-state index in [4.69, 9.17) is 0 Å². The molecule has 0 fully saturated rings. The highest BCUT2D eigenvalue weighted by molar-refractivity contribution is 7.98. The molecule has 1 aliphatic heterocycles. The highest BCUT2D eigenvalue weighted by Gasteiger charge is 2.30. The maximum atomic E-state index is 12.1. The van der Waals surface area contributed by atoms with Crippen molar-refractivity contribution >= 4 is 44.9 Å². The lowest BCUT2D eigenvalue weighted by molar-refractivity contribution is -0.121. The van der Waals surface area contributed by atoms with E-state index in [0.717, 1.165) is 11.5 Å². The van der Waals surface area contributed by atoms with E-state index in [1.54, 1.807) is 53.2 Å². The van der Waals surface area contributed by atoms with Gasteiger partial charge in [-0.15, -0.1) is 15.7 Å². The molecular formula is C17H19N3O3S3. The minimum Gasteiger partial charge on any atom is -0.354 e. The van der Waals surface area contributed by atoms with Crippen molar-refractivity contribution in [2.24, 2.45) is 4.40 Å². The maximum Gasteiger partial charge on any atom is 0.285 e. The number of benzene rings is 1. The largest absolute Gasteiger partial charge is 0.354 e. The van der Waals surface area contributed by atoms with Crippen molar-refractivity contribution in [2.45, 2.75) is 10.6 Å². The van der Waals surface area contributed by atoms with Gasteiger partial charge in [-0.25, -0.2) is 0 Å². The Hall–Kier alpha value is -1.84. The minimum atomic E-state index is -3.67. The second-order valence-corrected chi connectivity index (χ2v) is 9.43. The van der Waals surface area contributed by atoms with Crippen LogP contribution in [0.4, 0.5) is 0 Å². The molecule has 1 amide bonds. The summed E-state index contributed by atoms with van der Waals surface area (Å²) in [5.74, 6) is 1.92. The fourth-order valence-electron chi connectivity index (χ4n) is 2.54. The van der Waals surface area contributed by atoms with Crippen LogP contribution in [0.3, 0.4) is 0 Å². The van der Waals surface area contributed by atoms with Crippen molar-refractivity contribution in [3.63, 3.8) is 0 Å². The third-order valence-corrected chi connectivity index (χ3v) is 7.14. The number of amides is 1. The van der Waals surface area contributed by atoms with Gasteiger partial charge in [0.05, 0.1) is 6.54 Å². The lowest BCUT2D eigenvalue weighted by Gasteiger charge is -2.18. The number of thioether (sulfide) groups is 1. The molecule has 2 aromatic rings. The zero-order valence-electron chi connectivity index (χ0n) is 14.2. The highest BCUT2D eigenvalue weighted by Crippen LogP contribution is 2.26. The number of amidine groups is 1. The quantitative estimate of drug-likeness (QED) is 0.709. The Bertz CT molecular complexity index is 908. The van der Waals surface area contributed by atoms with Crippen LogP contribution in [-0.4, -0.2) is 51.0 Å². The van der Waals surface area contributed by atoms with Crippen molar-refractivity contribution in [1.82, 2.24) is 10.2 Å². The molecule has 0 unspecified atom stereocenters. The molecule has 9 heteroatoms. The number of likely N-dealkylation sites (N-methyl/N-ethyl adjacent to an activating group) is 1. The van der Waals surface area contributed by atoms with Crippen LogP contribution in [-0.2, 0) is 20.6 Å². The minimum absolute atomic E-state index is 0.0538. The summed E-state index contributed by atoms with van der Waals surface area (Å²) in [6, 6.07) is 10.8. The molecule has 26 heavy (non-hydrogen) atoms. The summed E-state index contributed by atoms with van der Waals surface area (Å²) in [7, 11) is -2.00. The summed E-state index contributed by atoms with van der Waals surface area (Å²) in [4.78, 5) is 15.2. The lowest BCUT2D eigenvalue weighted by Crippen LogP contribution is -2.39. The van der Waals surface area contributed by atoms with Crippen LogP contribution in [0.2, 0.25) is 0 Å². The number of thiophene rings is 1. The van der Waals surface area contributed by atoms with Crippen molar-refractivity contribution in [3.05, 3.63) is 52.2 Å². The number of fused-ring (bicyclic) bond motifs is 1. The number of carbonyl (C=O) groups is 1. The zero-order chi connectivity index (χ0) is 18.6. The third-order valence-electron chi connectivity index (χ3n) is 3.75. The number of nitrogens with one attached hydrogen (secondary N) is 1. The van der Waals surface area contributed by atoms with Gasteiger partial charge in [-0.05, 0) is 23.6 Å². The Kier molecular flexibility index (Phi) is 6.00. The molecule has 0 bridgehead atoms. The van der Waals surface area contributed by atoms with Gasteiger partial charge in [-0.3, -0.25) is 4.79 Å². The maximum absolute atomic E-state index is 12.1. The summed E-state index contributed by atoms with van der Waals surface area (Å²) in [5, 5.41) is 4.91. The van der Waals surface area contributed by atoms with Gasteiger partial charge >= 0.3 is 0 Å². The molecule has 138 valence electrons. The van der Waals surface area contributed by atoms with E-state index < -0.39 is 10.0 Å². The van der Waals surface area contributed by atoms with Crippen molar-refractivity contribution in [1.29, 1.82) is 0 Å². The summed E-state index contributed by atoms with van der Waals surface area (Å²) in [6.07, 6.45) is 0. The topological polar surface area (TPSA) is 78.8 Å². The van der Waals surface area contributed by atoms with Crippen LogP contribution in [0, 0.1) is 0 Å². The van der Waals surface area contributed by atoms with E-state index in [0.29, 0.717) is 17.9 Å². The Labute approximate surface area is 161 Å². The Morgan fingerprint density at radius 2 is 2.08 bits per heavy atom. The van der Waals surface area contributed by atoms with Gasteiger partial charge in [0, 0.05) is 35.5 Å². The van der Waals surface area contributed by atoms with Crippen LogP contribution < -0.4 is 5.32 Å². The van der Waals surface area contributed by atoms with Gasteiger partial charge in [-0.2, -0.15) is 20.2 Å². The van der Waals surface area contributed by atoms with Crippen LogP contribution >= 0.6 is 23.1 Å². The number of nitrogens with zero attached hydrogens (tertiary/aromatic N) is 2. The van der Waals surface area contributed by atoms with E-state index in [2.05, 4.69) is 21.2 Å². The van der Waals surface area contributed by atoms with Crippen molar-refractivity contribution < 1.29 is 13.2 Å². The molecule has 1 aliphatic rings. The monoisotopic (exact) mass is 409 g/mol. The van der Waals surface area contributed by atoms with Gasteiger partial charge in [0.2, 0.25) is 5.91 Å². The molecule has 1 aromatic carbocycles. The number of rotatable bonds is 7. The Balaban J connectivity index is 1.47. The van der Waals surface area contributed by atoms with Crippen LogP contribution in [0.25, 0.3) is 0 Å². The summed E-state index contributed by atoms with van der Waals surface area (Å²) in [5.41, 5.74) is 0.536. The predicted molar refractivity (Wildman–Crippen MR) is 106 cm³/mol. The van der Waals surface area contributed by atoms with Gasteiger partial charge in [-0.1, -0.05) is 18.2 Å². The molecule has 0 saturated carbocycles. The fourth-order valence-corrected chi connectivity index (χ4v) is 5.49. The first-order valence-electron chi connectivity index (χ1n) is 8.00. The van der Waals surface area contributed by atoms with Crippen LogP contribution in [0.5, 0.6) is 0 Å². The summed E-state index contributed by atoms with van der Waals surface area (Å²) >= 11 is 3.49. The smallest absolute Gasteiger partial charge is 0.285 e. The average molecular weight is 410 g/mol. The van der Waals surface area contributed by atoms with Crippen LogP contribution in [0.1, 0.15) is 10.4 Å². The molecule has 0 spiro atoms. The molecule has 2 heterocycles. The van der Waals surface area contributed by atoms with E-state index in [1.165, 1.54) is 10.9 Å². The van der Waals surface area contributed by atoms with Gasteiger partial charge < -0.3 is 10.2 Å². The molecule has 6 nitrogen and oxygen atoms in total. The second-order valence-electron chi connectivity index (χ2n) is 5.72. The highest BCUT2D eigenvalue weighted by atomic mass is 32.2. The zero-order valence-corrected chi connectivity index (χ0v) is 16.7. The standard InChI is InChI=1S/C17H19N3O3S3/c1-20(17-14-6-2-3-7-15(14)26(22,23)19-17)11-16(21)18-8-10-24-12-13-5-4-9-25-13/h2-7,9H,8,10-12H2,1H3,(H,18,21). The molecular weight excluding hydrogens is 390 g/mol. The van der Waals surface area contributed by atoms with Crippen molar-refractivity contribution in [3.8, 4) is 0 Å².